The fraction of sp³-hybridized carbons (Fsp3) is 0.692. The van der Waals surface area contributed by atoms with Crippen molar-refractivity contribution in [2.45, 2.75) is 53.5 Å². The molecule has 0 spiro atoms. The van der Waals surface area contributed by atoms with E-state index in [0.29, 0.717) is 11.4 Å². The summed E-state index contributed by atoms with van der Waals surface area (Å²) in [5.74, 6) is -0.575. The van der Waals surface area contributed by atoms with Gasteiger partial charge < -0.3 is 0 Å². The van der Waals surface area contributed by atoms with Crippen LogP contribution in [0, 0.1) is 23.0 Å². The minimum atomic E-state index is -0.496. The molecule has 0 radical (unpaired) electrons. The Bertz CT molecular complexity index is 503. The van der Waals surface area contributed by atoms with Crippen molar-refractivity contribution in [3.8, 4) is 0 Å². The Labute approximate surface area is 113 Å². The van der Waals surface area contributed by atoms with Crippen LogP contribution in [0.1, 0.15) is 58.0 Å². The van der Waals surface area contributed by atoms with Crippen LogP contribution in [0.3, 0.4) is 0 Å². The number of aromatic nitrogens is 2. The molecular weight excluding hydrogens is 246 g/mol. The third-order valence-electron chi connectivity index (χ3n) is 3.16. The number of hydrogen-bond donors (Lipinski definition) is 0. The highest BCUT2D eigenvalue weighted by Gasteiger charge is 2.35. The van der Waals surface area contributed by atoms with E-state index in [1.54, 1.807) is 11.6 Å². The lowest BCUT2D eigenvalue weighted by Crippen LogP contribution is -2.21. The number of ketones is 1. The van der Waals surface area contributed by atoms with Crippen LogP contribution in [0.15, 0.2) is 0 Å². The number of hydrogen-bond acceptors (Lipinski definition) is 4. The minimum absolute atomic E-state index is 0.00944. The van der Waals surface area contributed by atoms with Gasteiger partial charge in [-0.3, -0.25) is 19.6 Å². The van der Waals surface area contributed by atoms with E-state index in [2.05, 4.69) is 5.10 Å². The van der Waals surface area contributed by atoms with Crippen molar-refractivity contribution < 1.29 is 9.72 Å². The highest BCUT2D eigenvalue weighted by molar-refractivity contribution is 5.84. The van der Waals surface area contributed by atoms with E-state index in [9.17, 15) is 14.9 Å². The van der Waals surface area contributed by atoms with Gasteiger partial charge >= 0.3 is 5.69 Å². The summed E-state index contributed by atoms with van der Waals surface area (Å²) in [6.07, 6.45) is 0. The number of Topliss-reactive ketones (excluding diaryl/α,β-unsaturated/α-hetero) is 1. The quantitative estimate of drug-likeness (QED) is 0.606. The molecular formula is C13H21N3O3. The van der Waals surface area contributed by atoms with Crippen LogP contribution in [-0.2, 0) is 4.79 Å². The van der Waals surface area contributed by atoms with Crippen molar-refractivity contribution in [3.05, 3.63) is 21.5 Å². The van der Waals surface area contributed by atoms with Crippen LogP contribution < -0.4 is 0 Å². The van der Waals surface area contributed by atoms with Gasteiger partial charge in [-0.15, -0.1) is 0 Å². The van der Waals surface area contributed by atoms with Gasteiger partial charge in [0.05, 0.1) is 10.8 Å². The summed E-state index contributed by atoms with van der Waals surface area (Å²) >= 11 is 0. The lowest BCUT2D eigenvalue weighted by atomic mass is 9.88. The molecule has 0 saturated heterocycles. The van der Waals surface area contributed by atoms with Gasteiger partial charge in [-0.2, -0.15) is 5.10 Å². The maximum atomic E-state index is 11.9. The molecule has 0 aliphatic rings. The van der Waals surface area contributed by atoms with Gasteiger partial charge in [0.15, 0.2) is 0 Å². The Hall–Kier alpha value is -1.72. The fourth-order valence-corrected chi connectivity index (χ4v) is 2.44. The molecule has 19 heavy (non-hydrogen) atoms. The Kier molecular flexibility index (Phi) is 4.44. The van der Waals surface area contributed by atoms with Gasteiger partial charge in [-0.25, -0.2) is 0 Å². The maximum absolute atomic E-state index is 11.9. The molecule has 1 aromatic heterocycles. The van der Waals surface area contributed by atoms with Crippen molar-refractivity contribution in [2.24, 2.45) is 5.92 Å². The highest BCUT2D eigenvalue weighted by atomic mass is 16.6. The van der Waals surface area contributed by atoms with Crippen LogP contribution in [0.25, 0.3) is 0 Å². The van der Waals surface area contributed by atoms with Gasteiger partial charge in [0.1, 0.15) is 17.2 Å². The second kappa shape index (κ2) is 5.50. The number of nitro groups is 1. The minimum Gasteiger partial charge on any atom is -0.299 e. The molecule has 1 atom stereocenters. The number of nitrogens with zero attached hydrogens (tertiary/aromatic N) is 3. The van der Waals surface area contributed by atoms with Crippen LogP contribution in [0.4, 0.5) is 5.69 Å². The summed E-state index contributed by atoms with van der Waals surface area (Å²) in [6.45, 7) is 10.7. The molecule has 0 aromatic carbocycles. The molecule has 0 fully saturated rings. The third kappa shape index (κ3) is 2.83. The summed E-state index contributed by atoms with van der Waals surface area (Å²) in [4.78, 5) is 22.7. The van der Waals surface area contributed by atoms with Crippen molar-refractivity contribution >= 4 is 11.5 Å². The number of aryl methyl sites for hydroxylation is 1. The van der Waals surface area contributed by atoms with E-state index < -0.39 is 10.8 Å². The smallest absolute Gasteiger partial charge is 0.299 e. The summed E-state index contributed by atoms with van der Waals surface area (Å²) in [6, 6.07) is -0.0250. The zero-order valence-corrected chi connectivity index (χ0v) is 12.3. The standard InChI is InChI=1S/C13H21N3O3/c1-7(2)11(10(6)17)13-12(16(18)19)9(5)14-15(13)8(3)4/h7-8,11H,1-6H3. The van der Waals surface area contributed by atoms with Crippen LogP contribution in [0.2, 0.25) is 0 Å². The summed E-state index contributed by atoms with van der Waals surface area (Å²) in [5.41, 5.74) is 0.767. The van der Waals surface area contributed by atoms with Gasteiger partial charge in [0, 0.05) is 6.04 Å². The monoisotopic (exact) mass is 267 g/mol. The second-order valence-corrected chi connectivity index (χ2v) is 5.45. The summed E-state index contributed by atoms with van der Waals surface area (Å²) < 4.78 is 1.61. The highest BCUT2D eigenvalue weighted by Crippen LogP contribution is 2.36. The molecule has 6 nitrogen and oxygen atoms in total. The average Bonchev–Trinajstić information content (AvgIpc) is 2.54. The largest absolute Gasteiger partial charge is 0.313 e. The zero-order chi connectivity index (χ0) is 14.9. The Morgan fingerprint density at radius 1 is 1.32 bits per heavy atom. The fourth-order valence-electron chi connectivity index (χ4n) is 2.44. The van der Waals surface area contributed by atoms with Gasteiger partial charge in [-0.1, -0.05) is 13.8 Å². The molecule has 6 heteroatoms. The zero-order valence-electron chi connectivity index (χ0n) is 12.3. The van der Waals surface area contributed by atoms with Gasteiger partial charge in [0.25, 0.3) is 0 Å². The topological polar surface area (TPSA) is 78.0 Å². The first-order valence-corrected chi connectivity index (χ1v) is 6.42. The van der Waals surface area contributed by atoms with E-state index >= 15 is 0 Å². The van der Waals surface area contributed by atoms with E-state index in [-0.39, 0.29) is 23.4 Å². The second-order valence-electron chi connectivity index (χ2n) is 5.45. The molecule has 1 heterocycles. The lowest BCUT2D eigenvalue weighted by molar-refractivity contribution is -0.386. The van der Waals surface area contributed by atoms with E-state index in [1.807, 2.05) is 27.7 Å². The van der Waals surface area contributed by atoms with Crippen molar-refractivity contribution in [3.63, 3.8) is 0 Å². The van der Waals surface area contributed by atoms with Crippen molar-refractivity contribution in [2.75, 3.05) is 0 Å². The van der Waals surface area contributed by atoms with Crippen molar-refractivity contribution in [1.29, 1.82) is 0 Å². The Morgan fingerprint density at radius 2 is 1.84 bits per heavy atom. The molecule has 0 amide bonds. The predicted molar refractivity (Wildman–Crippen MR) is 72.3 cm³/mol. The summed E-state index contributed by atoms with van der Waals surface area (Å²) in [5, 5.41) is 15.5. The number of carbonyl (C=O) groups is 1. The molecule has 1 rings (SSSR count). The lowest BCUT2D eigenvalue weighted by Gasteiger charge is -2.20. The van der Waals surface area contributed by atoms with Crippen LogP contribution in [0.5, 0.6) is 0 Å². The first-order valence-electron chi connectivity index (χ1n) is 6.42. The van der Waals surface area contributed by atoms with E-state index in [4.69, 9.17) is 0 Å². The van der Waals surface area contributed by atoms with E-state index in [1.165, 1.54) is 6.92 Å². The molecule has 0 saturated carbocycles. The van der Waals surface area contributed by atoms with Gasteiger partial charge in [-0.05, 0) is 33.6 Å². The maximum Gasteiger partial charge on any atom is 0.313 e. The molecule has 0 aliphatic carbocycles. The predicted octanol–water partition coefficient (Wildman–Crippen LogP) is 3.01. The molecule has 0 aliphatic heterocycles. The molecule has 1 aromatic rings. The number of rotatable bonds is 5. The average molecular weight is 267 g/mol. The molecule has 106 valence electrons. The third-order valence-corrected chi connectivity index (χ3v) is 3.16. The molecule has 0 bridgehead atoms. The van der Waals surface area contributed by atoms with Crippen molar-refractivity contribution in [1.82, 2.24) is 9.78 Å². The normalized spacial score (nSPS) is 13.1. The Balaban J connectivity index is 3.61. The Morgan fingerprint density at radius 3 is 2.16 bits per heavy atom. The van der Waals surface area contributed by atoms with Crippen LogP contribution in [-0.4, -0.2) is 20.5 Å². The van der Waals surface area contributed by atoms with Gasteiger partial charge in [0.2, 0.25) is 0 Å². The first-order chi connectivity index (χ1) is 8.68. The SMILES string of the molecule is CC(=O)C(c1c([N+](=O)[O-])c(C)nn1C(C)C)C(C)C. The molecule has 1 unspecified atom stereocenters. The first kappa shape index (κ1) is 15.3. The number of carbonyl (C=O) groups excluding carboxylic acids is 1. The summed E-state index contributed by atoms with van der Waals surface area (Å²) in [7, 11) is 0. The van der Waals surface area contributed by atoms with E-state index in [0.717, 1.165) is 0 Å². The van der Waals surface area contributed by atoms with Crippen LogP contribution >= 0.6 is 0 Å². The molecule has 0 N–H and O–H groups in total.